The minimum Gasteiger partial charge on any atom is -0.381 e. The molecule has 0 saturated heterocycles. The Kier molecular flexibility index (Phi) is 15.7. The van der Waals surface area contributed by atoms with Crippen LogP contribution < -0.4 is 0 Å². The number of benzene rings is 13. The number of nitrogens with zero attached hydrogens (tertiary/aromatic N) is 4. The molecule has 0 radical (unpaired) electrons. The molecule has 6 nitrogen and oxygen atoms in total. The fourth-order valence-corrected chi connectivity index (χ4v) is 16.9. The molecule has 474 valence electrons. The van der Waals surface area contributed by atoms with E-state index in [-0.39, 0.29) is 0 Å². The van der Waals surface area contributed by atoms with Gasteiger partial charge in [-0.2, -0.15) is 0 Å². The van der Waals surface area contributed by atoms with Gasteiger partial charge in [0.25, 0.3) is 0 Å². The molecule has 18 rings (SSSR count). The highest BCUT2D eigenvalue weighted by Crippen LogP contribution is 2.51. The van der Waals surface area contributed by atoms with E-state index in [9.17, 15) is 10.2 Å². The first-order valence-electron chi connectivity index (χ1n) is 34.1. The Morgan fingerprint density at radius 1 is 0.260 bits per heavy atom. The van der Waals surface area contributed by atoms with E-state index in [1.165, 1.54) is 126 Å². The summed E-state index contributed by atoms with van der Waals surface area (Å²) in [5, 5.41) is 40.2. The lowest BCUT2D eigenvalue weighted by atomic mass is 9.65. The van der Waals surface area contributed by atoms with E-state index < -0.39 is 11.2 Å². The highest BCUT2D eigenvalue weighted by Gasteiger charge is 2.47. The molecule has 0 fully saturated rings. The number of fused-ring (bicyclic) bond motifs is 16. The predicted molar refractivity (Wildman–Crippen MR) is 407 cm³/mol. The second kappa shape index (κ2) is 24.4. The summed E-state index contributed by atoms with van der Waals surface area (Å²) in [4.78, 5) is 0. The van der Waals surface area contributed by atoms with Crippen molar-refractivity contribution in [2.24, 2.45) is 0 Å². The summed E-state index contributed by atoms with van der Waals surface area (Å²) in [5.41, 5.74) is 21.0. The Morgan fingerprint density at radius 3 is 0.906 bits per heavy atom. The van der Waals surface area contributed by atoms with Gasteiger partial charge in [0.2, 0.25) is 0 Å². The van der Waals surface area contributed by atoms with Gasteiger partial charge in [-0.05, 0) is 206 Å². The highest BCUT2D eigenvalue weighted by molar-refractivity contribution is 6.12. The van der Waals surface area contributed by atoms with Crippen molar-refractivity contribution >= 4 is 109 Å². The predicted octanol–water partition coefficient (Wildman–Crippen LogP) is 22.3. The molecule has 2 N–H and O–H groups in total. The topological polar surface area (TPSA) is 60.2 Å². The molecule has 0 bridgehead atoms. The summed E-state index contributed by atoms with van der Waals surface area (Å²) >= 11 is 0. The van der Waals surface area contributed by atoms with E-state index in [0.29, 0.717) is 6.54 Å². The zero-order valence-electron chi connectivity index (χ0n) is 56.8. The van der Waals surface area contributed by atoms with E-state index in [1.807, 2.05) is 52.0 Å². The number of hydrogen-bond donors (Lipinski definition) is 2. The van der Waals surface area contributed by atoms with Gasteiger partial charge in [-0.15, -0.1) is 0 Å². The summed E-state index contributed by atoms with van der Waals surface area (Å²) in [7, 11) is 0. The van der Waals surface area contributed by atoms with Crippen LogP contribution in [0.2, 0.25) is 0 Å². The molecule has 0 saturated carbocycles. The lowest BCUT2D eigenvalue weighted by Gasteiger charge is -2.44. The summed E-state index contributed by atoms with van der Waals surface area (Å²) in [5.74, 6) is 0. The Balaban J connectivity index is 0.000000112. The second-order valence-electron chi connectivity index (χ2n) is 26.8. The molecule has 2 atom stereocenters. The van der Waals surface area contributed by atoms with Crippen molar-refractivity contribution < 1.29 is 10.2 Å². The van der Waals surface area contributed by atoms with E-state index >= 15 is 0 Å². The highest BCUT2D eigenvalue weighted by atomic mass is 16.3. The molecule has 1 aliphatic carbocycles. The number of rotatable bonds is 6. The summed E-state index contributed by atoms with van der Waals surface area (Å²) in [6.45, 7) is 24.7. The molecule has 4 aromatic heterocycles. The molecule has 0 aliphatic heterocycles. The van der Waals surface area contributed by atoms with Crippen LogP contribution in [0.25, 0.3) is 109 Å². The Bertz CT molecular complexity index is 5570. The van der Waals surface area contributed by atoms with Crippen LogP contribution in [-0.4, -0.2) is 28.5 Å². The van der Waals surface area contributed by atoms with Crippen LogP contribution in [0.15, 0.2) is 255 Å². The van der Waals surface area contributed by atoms with Gasteiger partial charge in [0.05, 0.1) is 0 Å². The standard InChI is InChI=1S/C31H29NO2.C31H27N.2C14H13N/c1-19-16-17-20(2)28-27(19)30(3,33)24-13-9-10-21(29(24)31(28,4)34)18-32-25-14-7-5-11-22(25)23-12-6-8-15-26(23)32;1-19-16-17-20(2)30-22(4)31-23(10-9-13-24(31)21(3)29(19)30)18-32-27-14-7-5-11-25(27)26-12-6-8-15-28(26)32;2*1-2-15-13-9-5-3-7-11(13)12-8-4-6-10-14(12)15/h5-17,33-34H,18H2,1-4H3;5-17H,18H2,1-4H3;2*3-10H,2H2,1H3. The van der Waals surface area contributed by atoms with Crippen molar-refractivity contribution in [2.75, 3.05) is 0 Å². The van der Waals surface area contributed by atoms with Crippen LogP contribution in [-0.2, 0) is 37.4 Å². The quantitative estimate of drug-likeness (QED) is 0.163. The van der Waals surface area contributed by atoms with E-state index in [4.69, 9.17) is 0 Å². The van der Waals surface area contributed by atoms with Crippen molar-refractivity contribution in [1.29, 1.82) is 0 Å². The molecule has 13 aromatic carbocycles. The van der Waals surface area contributed by atoms with Gasteiger partial charge in [-0.3, -0.25) is 0 Å². The Hall–Kier alpha value is -10.5. The van der Waals surface area contributed by atoms with Crippen molar-refractivity contribution in [3.63, 3.8) is 0 Å². The third-order valence-corrected chi connectivity index (χ3v) is 21.1. The van der Waals surface area contributed by atoms with Gasteiger partial charge >= 0.3 is 0 Å². The average molecular weight is 1250 g/mol. The van der Waals surface area contributed by atoms with Crippen LogP contribution in [0.1, 0.15) is 94.5 Å². The fourth-order valence-electron chi connectivity index (χ4n) is 16.9. The largest absolute Gasteiger partial charge is 0.381 e. The number of aromatic nitrogens is 4. The maximum absolute atomic E-state index is 12.1. The zero-order valence-corrected chi connectivity index (χ0v) is 56.8. The molecular weight excluding hydrogens is 1170 g/mol. The summed E-state index contributed by atoms with van der Waals surface area (Å²) in [6.07, 6.45) is 0. The lowest BCUT2D eigenvalue weighted by Crippen LogP contribution is -2.42. The smallest absolute Gasteiger partial charge is 0.113 e. The number of aliphatic hydroxyl groups is 2. The number of hydrogen-bond acceptors (Lipinski definition) is 2. The van der Waals surface area contributed by atoms with Crippen LogP contribution in [0.4, 0.5) is 0 Å². The lowest BCUT2D eigenvalue weighted by molar-refractivity contribution is 0.0490. The number of aryl methyl sites for hydroxylation is 8. The van der Waals surface area contributed by atoms with E-state index in [1.54, 1.807) is 0 Å². The Morgan fingerprint density at radius 2 is 0.542 bits per heavy atom. The molecule has 17 aromatic rings. The minimum atomic E-state index is -1.22. The van der Waals surface area contributed by atoms with Crippen molar-refractivity contribution in [2.45, 2.75) is 107 Å². The van der Waals surface area contributed by atoms with Crippen molar-refractivity contribution in [3.05, 3.63) is 322 Å². The van der Waals surface area contributed by atoms with Crippen LogP contribution in [0.5, 0.6) is 0 Å². The maximum Gasteiger partial charge on any atom is 0.113 e. The van der Waals surface area contributed by atoms with Gasteiger partial charge in [-0.1, -0.05) is 206 Å². The van der Waals surface area contributed by atoms with Crippen molar-refractivity contribution in [1.82, 2.24) is 18.3 Å². The first-order chi connectivity index (χ1) is 46.6. The van der Waals surface area contributed by atoms with Crippen LogP contribution in [0.3, 0.4) is 0 Å². The van der Waals surface area contributed by atoms with Gasteiger partial charge in [0.15, 0.2) is 0 Å². The third-order valence-electron chi connectivity index (χ3n) is 21.1. The second-order valence-corrected chi connectivity index (χ2v) is 26.8. The van der Waals surface area contributed by atoms with Gasteiger partial charge in [0, 0.05) is 113 Å². The minimum absolute atomic E-state index is 0.601. The molecule has 4 heterocycles. The molecule has 96 heavy (non-hydrogen) atoms. The average Bonchev–Trinajstić information content (AvgIpc) is 0.960. The zero-order chi connectivity index (χ0) is 66.3. The Labute approximate surface area is 562 Å². The van der Waals surface area contributed by atoms with Crippen molar-refractivity contribution in [3.8, 4) is 0 Å². The molecule has 2 unspecified atom stereocenters. The summed E-state index contributed by atoms with van der Waals surface area (Å²) in [6, 6.07) is 90.4. The van der Waals surface area contributed by atoms with Crippen LogP contribution in [0, 0.1) is 41.5 Å². The number of para-hydroxylation sites is 8. The molecular formula is C90H82N4O2. The first-order valence-corrected chi connectivity index (χ1v) is 34.1. The molecule has 1 aliphatic rings. The maximum atomic E-state index is 12.1. The fraction of sp³-hybridized carbons (Fsp3) is 0.178. The van der Waals surface area contributed by atoms with E-state index in [0.717, 1.165) is 69.6 Å². The monoisotopic (exact) mass is 1250 g/mol. The van der Waals surface area contributed by atoms with Gasteiger partial charge < -0.3 is 28.5 Å². The molecule has 0 amide bonds. The van der Waals surface area contributed by atoms with Gasteiger partial charge in [-0.25, -0.2) is 0 Å². The normalized spacial score (nSPS) is 15.1. The molecule has 6 heteroatoms. The van der Waals surface area contributed by atoms with E-state index in [2.05, 4.69) is 290 Å². The third kappa shape index (κ3) is 9.91. The van der Waals surface area contributed by atoms with Crippen LogP contribution >= 0.6 is 0 Å². The first kappa shape index (κ1) is 61.7. The molecule has 0 spiro atoms. The summed E-state index contributed by atoms with van der Waals surface area (Å²) < 4.78 is 9.54. The SMILES string of the molecule is CCn1c2ccccc2c2ccccc21.CCn1c2ccccc2c2ccccc21.Cc1ccc(C)c2c(C)c3c(Cn4c5ccccc5c5ccccc54)cccc3c(C)c12.Cc1ccc(C)c2c1C(C)(O)c1cccc(Cn3c4ccccc4c4ccccc43)c1C2(C)O. The van der Waals surface area contributed by atoms with Gasteiger partial charge in [0.1, 0.15) is 11.2 Å².